The Bertz CT molecular complexity index is 735. The highest BCUT2D eigenvalue weighted by molar-refractivity contribution is 6.35. The minimum absolute atomic E-state index is 0.120. The third-order valence-electron chi connectivity index (χ3n) is 5.54. The largest absolute Gasteiger partial charge is 0.379 e. The van der Waals surface area contributed by atoms with E-state index >= 15 is 0 Å². The Hall–Kier alpha value is -1.34. The maximum Gasteiger partial charge on any atom is 0.256 e. The molecule has 6 nitrogen and oxygen atoms in total. The van der Waals surface area contributed by atoms with Gasteiger partial charge in [-0.3, -0.25) is 14.5 Å². The SMILES string of the molecule is CC(C)(CNC(=O)C1CCCN1C(=O)c1cc(Cl)ccc1Cl)N1CCOCC1. The molecular formula is C20H27Cl2N3O3. The fourth-order valence-electron chi connectivity index (χ4n) is 3.80. The fourth-order valence-corrected chi connectivity index (χ4v) is 4.17. The molecule has 0 radical (unpaired) electrons. The van der Waals surface area contributed by atoms with Crippen LogP contribution in [-0.4, -0.2) is 72.6 Å². The number of hydrogen-bond acceptors (Lipinski definition) is 4. The fraction of sp³-hybridized carbons (Fsp3) is 0.600. The highest BCUT2D eigenvalue weighted by Gasteiger charge is 2.36. The lowest BCUT2D eigenvalue weighted by molar-refractivity contribution is -0.125. The molecule has 1 aromatic rings. The zero-order chi connectivity index (χ0) is 20.3. The van der Waals surface area contributed by atoms with Crippen LogP contribution in [0.25, 0.3) is 0 Å². The van der Waals surface area contributed by atoms with Crippen LogP contribution in [0.15, 0.2) is 18.2 Å². The molecule has 154 valence electrons. The van der Waals surface area contributed by atoms with E-state index in [-0.39, 0.29) is 17.4 Å². The van der Waals surface area contributed by atoms with Gasteiger partial charge in [-0.15, -0.1) is 0 Å². The van der Waals surface area contributed by atoms with Gasteiger partial charge in [0.15, 0.2) is 0 Å². The number of nitrogens with zero attached hydrogens (tertiary/aromatic N) is 2. The Morgan fingerprint density at radius 3 is 2.64 bits per heavy atom. The van der Waals surface area contributed by atoms with Crippen LogP contribution in [0.2, 0.25) is 10.0 Å². The van der Waals surface area contributed by atoms with Gasteiger partial charge in [-0.05, 0) is 44.9 Å². The zero-order valence-corrected chi connectivity index (χ0v) is 17.9. The number of benzene rings is 1. The predicted octanol–water partition coefficient (Wildman–Crippen LogP) is 2.83. The molecule has 2 heterocycles. The van der Waals surface area contributed by atoms with Crippen molar-refractivity contribution in [2.24, 2.45) is 0 Å². The molecule has 1 atom stereocenters. The van der Waals surface area contributed by atoms with Gasteiger partial charge in [-0.2, -0.15) is 0 Å². The molecule has 2 fully saturated rings. The molecule has 2 saturated heterocycles. The number of likely N-dealkylation sites (tertiary alicyclic amines) is 1. The molecule has 28 heavy (non-hydrogen) atoms. The van der Waals surface area contributed by atoms with Crippen molar-refractivity contribution >= 4 is 35.0 Å². The van der Waals surface area contributed by atoms with E-state index in [2.05, 4.69) is 24.1 Å². The first-order chi connectivity index (χ1) is 13.3. The summed E-state index contributed by atoms with van der Waals surface area (Å²) in [5, 5.41) is 3.84. The normalized spacial score (nSPS) is 21.0. The van der Waals surface area contributed by atoms with Crippen LogP contribution in [0.4, 0.5) is 0 Å². The average Bonchev–Trinajstić information content (AvgIpc) is 3.18. The van der Waals surface area contributed by atoms with E-state index in [1.807, 2.05) is 0 Å². The molecular weight excluding hydrogens is 401 g/mol. The van der Waals surface area contributed by atoms with Gasteiger partial charge in [0.2, 0.25) is 5.91 Å². The molecule has 2 aliphatic rings. The molecule has 0 spiro atoms. The third kappa shape index (κ3) is 4.79. The molecule has 2 amide bonds. The van der Waals surface area contributed by atoms with Gasteiger partial charge < -0.3 is 15.0 Å². The van der Waals surface area contributed by atoms with E-state index < -0.39 is 6.04 Å². The Labute approximate surface area is 176 Å². The second kappa shape index (κ2) is 8.99. The molecule has 2 aliphatic heterocycles. The monoisotopic (exact) mass is 427 g/mol. The number of hydrogen-bond donors (Lipinski definition) is 1. The smallest absolute Gasteiger partial charge is 0.256 e. The second-order valence-corrected chi connectivity index (χ2v) is 8.75. The van der Waals surface area contributed by atoms with Crippen molar-refractivity contribution in [3.8, 4) is 0 Å². The summed E-state index contributed by atoms with van der Waals surface area (Å²) in [4.78, 5) is 29.8. The van der Waals surface area contributed by atoms with Gasteiger partial charge in [-0.25, -0.2) is 0 Å². The summed E-state index contributed by atoms with van der Waals surface area (Å²) in [6.45, 7) is 8.40. The van der Waals surface area contributed by atoms with Crippen molar-refractivity contribution in [2.75, 3.05) is 39.4 Å². The molecule has 1 aromatic carbocycles. The number of ether oxygens (including phenoxy) is 1. The maximum absolute atomic E-state index is 13.0. The molecule has 8 heteroatoms. The van der Waals surface area contributed by atoms with Gasteiger partial charge in [0.25, 0.3) is 5.91 Å². The van der Waals surface area contributed by atoms with Crippen molar-refractivity contribution in [1.29, 1.82) is 0 Å². The standard InChI is InChI=1S/C20H27Cl2N3O3/c1-20(2,24-8-10-28-11-9-24)13-23-18(26)17-4-3-7-25(17)19(27)15-12-14(21)5-6-16(15)22/h5-6,12,17H,3-4,7-11,13H2,1-2H3,(H,23,26). The molecule has 3 rings (SSSR count). The van der Waals surface area contributed by atoms with E-state index in [1.165, 1.54) is 0 Å². The highest BCUT2D eigenvalue weighted by atomic mass is 35.5. The number of amides is 2. The van der Waals surface area contributed by atoms with Crippen molar-refractivity contribution in [3.63, 3.8) is 0 Å². The summed E-state index contributed by atoms with van der Waals surface area (Å²) >= 11 is 12.2. The summed E-state index contributed by atoms with van der Waals surface area (Å²) in [6.07, 6.45) is 1.43. The van der Waals surface area contributed by atoms with Crippen LogP contribution >= 0.6 is 23.2 Å². The summed E-state index contributed by atoms with van der Waals surface area (Å²) in [7, 11) is 0. The number of carbonyl (C=O) groups is 2. The molecule has 0 aliphatic carbocycles. The van der Waals surface area contributed by atoms with Crippen molar-refractivity contribution in [2.45, 2.75) is 38.3 Å². The van der Waals surface area contributed by atoms with E-state index in [0.29, 0.717) is 48.3 Å². The minimum atomic E-state index is -0.483. The maximum atomic E-state index is 13.0. The van der Waals surface area contributed by atoms with Crippen LogP contribution in [0, 0.1) is 0 Å². The van der Waals surface area contributed by atoms with Crippen LogP contribution in [0.3, 0.4) is 0 Å². The molecule has 0 saturated carbocycles. The molecule has 0 bridgehead atoms. The van der Waals surface area contributed by atoms with E-state index in [9.17, 15) is 9.59 Å². The Morgan fingerprint density at radius 2 is 1.93 bits per heavy atom. The van der Waals surface area contributed by atoms with Gasteiger partial charge in [0.05, 0.1) is 23.8 Å². The number of morpholine rings is 1. The second-order valence-electron chi connectivity index (χ2n) is 7.91. The van der Waals surface area contributed by atoms with Crippen LogP contribution in [-0.2, 0) is 9.53 Å². The molecule has 1 N–H and O–H groups in total. The Balaban J connectivity index is 1.64. The number of carbonyl (C=O) groups excluding carboxylic acids is 2. The quantitative estimate of drug-likeness (QED) is 0.784. The van der Waals surface area contributed by atoms with E-state index in [0.717, 1.165) is 19.5 Å². The first-order valence-electron chi connectivity index (χ1n) is 9.66. The number of nitrogens with one attached hydrogen (secondary N) is 1. The summed E-state index contributed by atoms with van der Waals surface area (Å²) in [5.74, 6) is -0.372. The minimum Gasteiger partial charge on any atom is -0.379 e. The van der Waals surface area contributed by atoms with Crippen molar-refractivity contribution in [1.82, 2.24) is 15.1 Å². The number of rotatable bonds is 5. The third-order valence-corrected chi connectivity index (χ3v) is 6.10. The topological polar surface area (TPSA) is 61.9 Å². The van der Waals surface area contributed by atoms with Crippen LogP contribution < -0.4 is 5.32 Å². The zero-order valence-electron chi connectivity index (χ0n) is 16.3. The summed E-state index contributed by atoms with van der Waals surface area (Å²) in [6, 6.07) is 4.32. The van der Waals surface area contributed by atoms with Crippen molar-refractivity contribution < 1.29 is 14.3 Å². The van der Waals surface area contributed by atoms with Gasteiger partial charge >= 0.3 is 0 Å². The Kier molecular flexibility index (Phi) is 6.86. The summed E-state index contributed by atoms with van der Waals surface area (Å²) < 4.78 is 5.41. The van der Waals surface area contributed by atoms with E-state index in [4.69, 9.17) is 27.9 Å². The predicted molar refractivity (Wildman–Crippen MR) is 110 cm³/mol. The lowest BCUT2D eigenvalue weighted by Gasteiger charge is -2.41. The molecule has 1 unspecified atom stereocenters. The van der Waals surface area contributed by atoms with Gasteiger partial charge in [0, 0.05) is 36.7 Å². The van der Waals surface area contributed by atoms with Gasteiger partial charge in [0.1, 0.15) is 6.04 Å². The lowest BCUT2D eigenvalue weighted by atomic mass is 10.0. The Morgan fingerprint density at radius 1 is 1.21 bits per heavy atom. The highest BCUT2D eigenvalue weighted by Crippen LogP contribution is 2.26. The van der Waals surface area contributed by atoms with Crippen LogP contribution in [0.5, 0.6) is 0 Å². The first-order valence-corrected chi connectivity index (χ1v) is 10.4. The van der Waals surface area contributed by atoms with Gasteiger partial charge in [-0.1, -0.05) is 23.2 Å². The van der Waals surface area contributed by atoms with Crippen molar-refractivity contribution in [3.05, 3.63) is 33.8 Å². The molecule has 0 aromatic heterocycles. The number of halogens is 2. The van der Waals surface area contributed by atoms with E-state index in [1.54, 1.807) is 23.1 Å². The first kappa shape index (κ1) is 21.4. The summed E-state index contributed by atoms with van der Waals surface area (Å²) in [5.41, 5.74) is 0.158. The average molecular weight is 428 g/mol. The lowest BCUT2D eigenvalue weighted by Crippen LogP contribution is -2.57. The van der Waals surface area contributed by atoms with Crippen LogP contribution in [0.1, 0.15) is 37.0 Å².